The van der Waals surface area contributed by atoms with Crippen LogP contribution in [0.5, 0.6) is 5.75 Å². The summed E-state index contributed by atoms with van der Waals surface area (Å²) in [6.07, 6.45) is 0.757. The van der Waals surface area contributed by atoms with Crippen molar-refractivity contribution in [2.75, 3.05) is 0 Å². The number of carbonyl (C=O) groups excluding carboxylic acids is 1. The Hall–Kier alpha value is -0.791. The second-order valence-electron chi connectivity index (χ2n) is 1.74. The van der Waals surface area contributed by atoms with E-state index >= 15 is 0 Å². The van der Waals surface area contributed by atoms with Gasteiger partial charge in [0.2, 0.25) is 0 Å². The van der Waals surface area contributed by atoms with Gasteiger partial charge in [-0.15, -0.1) is 0 Å². The predicted molar refractivity (Wildman–Crippen MR) is 38.2 cm³/mol. The third-order valence-corrected chi connectivity index (χ3v) is 1.51. The molecule has 0 heterocycles. The van der Waals surface area contributed by atoms with E-state index in [9.17, 15) is 4.79 Å². The summed E-state index contributed by atoms with van der Waals surface area (Å²) in [6, 6.07) is 7.01. The van der Waals surface area contributed by atoms with Gasteiger partial charge >= 0.3 is 66.8 Å². The van der Waals surface area contributed by atoms with Gasteiger partial charge in [0.1, 0.15) is 0 Å². The zero-order valence-corrected chi connectivity index (χ0v) is 6.82. The molecule has 1 radical (unpaired) electrons. The molecular formula is C7H5O2Se. The van der Waals surface area contributed by atoms with Crippen molar-refractivity contribution in [2.24, 2.45) is 0 Å². The van der Waals surface area contributed by atoms with E-state index in [0.29, 0.717) is 11.3 Å². The summed E-state index contributed by atoms with van der Waals surface area (Å²) in [6.45, 7) is 0. The molecule has 1 aromatic rings. The number of carbonyl (C=O) groups is 1. The van der Waals surface area contributed by atoms with E-state index in [1.54, 1.807) is 24.3 Å². The number of hydrogen-bond acceptors (Lipinski definition) is 2. The van der Waals surface area contributed by atoms with Crippen molar-refractivity contribution < 1.29 is 8.61 Å². The molecule has 0 aliphatic rings. The van der Waals surface area contributed by atoms with Crippen LogP contribution in [0, 0.1) is 0 Å². The molecule has 0 fully saturated rings. The Morgan fingerprint density at radius 3 is 2.60 bits per heavy atom. The number of para-hydroxylation sites is 1. The average molecular weight is 200 g/mol. The first kappa shape index (κ1) is 7.32. The number of aldehydes is 1. The number of hydrogen-bond donors (Lipinski definition) is 0. The van der Waals surface area contributed by atoms with Gasteiger partial charge in [0, 0.05) is 0 Å². The molecule has 0 saturated heterocycles. The fraction of sp³-hybridized carbons (Fsp3) is 0. The quantitative estimate of drug-likeness (QED) is 0.525. The first-order chi connectivity index (χ1) is 4.88. The van der Waals surface area contributed by atoms with E-state index in [1.807, 2.05) is 0 Å². The predicted octanol–water partition coefficient (Wildman–Crippen LogP) is 0.961. The van der Waals surface area contributed by atoms with Crippen LogP contribution in [0.3, 0.4) is 0 Å². The molecule has 2 nitrogen and oxygen atoms in total. The summed E-state index contributed by atoms with van der Waals surface area (Å²) in [4.78, 5) is 10.3. The fourth-order valence-corrected chi connectivity index (χ4v) is 0.972. The van der Waals surface area contributed by atoms with Gasteiger partial charge in [-0.3, -0.25) is 0 Å². The van der Waals surface area contributed by atoms with E-state index in [2.05, 4.69) is 16.3 Å². The van der Waals surface area contributed by atoms with Gasteiger partial charge in [0.15, 0.2) is 0 Å². The van der Waals surface area contributed by atoms with Gasteiger partial charge in [-0.25, -0.2) is 0 Å². The van der Waals surface area contributed by atoms with Crippen LogP contribution in [0.25, 0.3) is 0 Å². The molecule has 51 valence electrons. The second kappa shape index (κ2) is 3.40. The molecule has 0 N–H and O–H groups in total. The minimum absolute atomic E-state index is 0.557. The summed E-state index contributed by atoms with van der Waals surface area (Å²) in [7, 11) is 0. The molecule has 0 unspecified atom stereocenters. The topological polar surface area (TPSA) is 26.3 Å². The van der Waals surface area contributed by atoms with Crippen LogP contribution in [-0.2, 0) is 0 Å². The van der Waals surface area contributed by atoms with Crippen molar-refractivity contribution in [1.29, 1.82) is 0 Å². The number of rotatable bonds is 2. The Morgan fingerprint density at radius 2 is 2.10 bits per heavy atom. The third kappa shape index (κ3) is 1.38. The Labute approximate surface area is 67.3 Å². The van der Waals surface area contributed by atoms with Crippen molar-refractivity contribution in [1.82, 2.24) is 0 Å². The van der Waals surface area contributed by atoms with Crippen molar-refractivity contribution in [2.45, 2.75) is 0 Å². The van der Waals surface area contributed by atoms with E-state index in [1.165, 1.54) is 0 Å². The van der Waals surface area contributed by atoms with Gasteiger partial charge in [-0.2, -0.15) is 0 Å². The Bertz CT molecular complexity index is 235. The zero-order valence-electron chi connectivity index (χ0n) is 5.11. The molecule has 1 aromatic carbocycles. The van der Waals surface area contributed by atoms with Gasteiger partial charge < -0.3 is 0 Å². The van der Waals surface area contributed by atoms with Crippen LogP contribution >= 0.6 is 0 Å². The van der Waals surface area contributed by atoms with Crippen LogP contribution in [0.1, 0.15) is 10.4 Å². The maximum absolute atomic E-state index is 10.3. The van der Waals surface area contributed by atoms with Gasteiger partial charge in [-0.05, 0) is 0 Å². The summed E-state index contributed by atoms with van der Waals surface area (Å²) >= 11 is 2.37. The first-order valence-corrected chi connectivity index (χ1v) is 3.42. The first-order valence-electron chi connectivity index (χ1n) is 2.72. The maximum atomic E-state index is 10.3. The molecule has 1 rings (SSSR count). The van der Waals surface area contributed by atoms with E-state index in [0.717, 1.165) is 6.29 Å². The van der Waals surface area contributed by atoms with Crippen molar-refractivity contribution >= 4 is 22.6 Å². The molecule has 0 amide bonds. The fourth-order valence-electron chi connectivity index (χ4n) is 0.654. The minimum atomic E-state index is 0.557. The van der Waals surface area contributed by atoms with Gasteiger partial charge in [-0.1, -0.05) is 0 Å². The van der Waals surface area contributed by atoms with Crippen molar-refractivity contribution in [3.63, 3.8) is 0 Å². The molecular weight excluding hydrogens is 195 g/mol. The van der Waals surface area contributed by atoms with Crippen molar-refractivity contribution in [3.8, 4) is 5.75 Å². The monoisotopic (exact) mass is 201 g/mol. The van der Waals surface area contributed by atoms with Crippen molar-refractivity contribution in [3.05, 3.63) is 29.8 Å². The molecule has 10 heavy (non-hydrogen) atoms. The summed E-state index contributed by atoms with van der Waals surface area (Å²) in [5.74, 6) is 0.567. The van der Waals surface area contributed by atoms with Crippen LogP contribution < -0.4 is 3.82 Å². The molecule has 0 saturated carbocycles. The normalized spacial score (nSPS) is 8.90. The standard InChI is InChI=1S/C7H5O2Se/c8-5-6-3-1-2-4-7(6)9-10/h1-5H. The van der Waals surface area contributed by atoms with E-state index in [-0.39, 0.29) is 0 Å². The molecule has 0 bridgehead atoms. The molecule has 0 aliphatic carbocycles. The third-order valence-electron chi connectivity index (χ3n) is 1.14. The van der Waals surface area contributed by atoms with Crippen LogP contribution in [-0.4, -0.2) is 22.6 Å². The van der Waals surface area contributed by atoms with E-state index < -0.39 is 0 Å². The Kier molecular flexibility index (Phi) is 2.49. The summed E-state index contributed by atoms with van der Waals surface area (Å²) in [5, 5.41) is 0. The molecule has 0 aliphatic heterocycles. The molecule has 3 heteroatoms. The van der Waals surface area contributed by atoms with E-state index in [4.69, 9.17) is 3.82 Å². The number of benzene rings is 1. The second-order valence-corrected chi connectivity index (χ2v) is 2.09. The average Bonchev–Trinajstić information content (AvgIpc) is 2.04. The molecule has 0 aromatic heterocycles. The van der Waals surface area contributed by atoms with Crippen LogP contribution in [0.4, 0.5) is 0 Å². The summed E-state index contributed by atoms with van der Waals surface area (Å²) < 4.78 is 4.78. The Balaban J connectivity index is 3.08. The van der Waals surface area contributed by atoms with Crippen LogP contribution in [0.15, 0.2) is 24.3 Å². The van der Waals surface area contributed by atoms with Gasteiger partial charge in [0.25, 0.3) is 0 Å². The molecule has 0 spiro atoms. The zero-order chi connectivity index (χ0) is 7.40. The van der Waals surface area contributed by atoms with Crippen LogP contribution in [0.2, 0.25) is 0 Å². The summed E-state index contributed by atoms with van der Waals surface area (Å²) in [5.41, 5.74) is 0.557. The SMILES string of the molecule is O=Cc1ccccc1O[Se]. The van der Waals surface area contributed by atoms with Gasteiger partial charge in [0.05, 0.1) is 0 Å². The Morgan fingerprint density at radius 1 is 1.40 bits per heavy atom. The molecule has 0 atom stereocenters.